The van der Waals surface area contributed by atoms with Gasteiger partial charge in [-0.25, -0.2) is 0 Å². The molecule has 4 heteroatoms. The van der Waals surface area contributed by atoms with E-state index >= 15 is 0 Å². The number of carbonyl (C=O) groups excluding carboxylic acids is 1. The van der Waals surface area contributed by atoms with Crippen LogP contribution in [0.4, 0.5) is 0 Å². The summed E-state index contributed by atoms with van der Waals surface area (Å²) in [6.07, 6.45) is 2.68. The first-order chi connectivity index (χ1) is 10.2. The first kappa shape index (κ1) is 15.9. The second kappa shape index (κ2) is 8.11. The quantitative estimate of drug-likeness (QED) is 0.843. The maximum atomic E-state index is 12.4. The van der Waals surface area contributed by atoms with Crippen LogP contribution in [0.2, 0.25) is 0 Å². The van der Waals surface area contributed by atoms with Gasteiger partial charge in [-0.3, -0.25) is 4.79 Å². The van der Waals surface area contributed by atoms with Crippen LogP contribution in [0.3, 0.4) is 0 Å². The number of nitrogens with one attached hydrogen (secondary N) is 1. The lowest BCUT2D eigenvalue weighted by Crippen LogP contribution is -2.38. The molecule has 0 saturated carbocycles. The second-order valence-corrected chi connectivity index (χ2v) is 6.29. The van der Waals surface area contributed by atoms with Crippen LogP contribution < -0.4 is 5.32 Å². The Morgan fingerprint density at radius 1 is 1.52 bits per heavy atom. The lowest BCUT2D eigenvalue weighted by molar-refractivity contribution is 0.0938. The molecule has 112 valence electrons. The second-order valence-electron chi connectivity index (χ2n) is 5.14. The summed E-state index contributed by atoms with van der Waals surface area (Å²) < 4.78 is 0. The third-order valence-corrected chi connectivity index (χ3v) is 4.75. The van der Waals surface area contributed by atoms with Crippen LogP contribution in [0.25, 0.3) is 0 Å². The lowest BCUT2D eigenvalue weighted by Gasteiger charge is -2.23. The molecule has 1 aliphatic heterocycles. The Morgan fingerprint density at radius 3 is 3.10 bits per heavy atom. The fourth-order valence-corrected chi connectivity index (χ4v) is 3.42. The largest absolute Gasteiger partial charge is 0.395 e. The smallest absolute Gasteiger partial charge is 0.251 e. The van der Waals surface area contributed by atoms with Crippen LogP contribution in [0.15, 0.2) is 18.2 Å². The third-order valence-electron chi connectivity index (χ3n) is 3.53. The van der Waals surface area contributed by atoms with Gasteiger partial charge in [0.1, 0.15) is 0 Å². The molecule has 1 heterocycles. The van der Waals surface area contributed by atoms with Crippen LogP contribution in [0, 0.1) is 18.8 Å². The van der Waals surface area contributed by atoms with E-state index in [2.05, 4.69) is 17.2 Å². The number of rotatable bonds is 3. The average molecular weight is 303 g/mol. The summed E-state index contributed by atoms with van der Waals surface area (Å²) in [7, 11) is 0. The number of carbonyl (C=O) groups is 1. The van der Waals surface area contributed by atoms with Crippen LogP contribution in [-0.4, -0.2) is 35.2 Å². The van der Waals surface area contributed by atoms with Crippen molar-refractivity contribution in [2.24, 2.45) is 0 Å². The number of aliphatic hydroxyl groups excluding tert-OH is 1. The highest BCUT2D eigenvalue weighted by atomic mass is 32.2. The van der Waals surface area contributed by atoms with Crippen molar-refractivity contribution in [1.29, 1.82) is 0 Å². The van der Waals surface area contributed by atoms with Crippen LogP contribution in [0.1, 0.15) is 40.7 Å². The van der Waals surface area contributed by atoms with Crippen LogP contribution in [-0.2, 0) is 0 Å². The molecular weight excluding hydrogens is 282 g/mol. The monoisotopic (exact) mass is 303 g/mol. The molecule has 0 aliphatic carbocycles. The number of amides is 1. The Hall–Kier alpha value is -1.44. The van der Waals surface area contributed by atoms with Gasteiger partial charge in [-0.05, 0) is 43.2 Å². The van der Waals surface area contributed by atoms with Gasteiger partial charge in [0.05, 0.1) is 6.61 Å². The van der Waals surface area contributed by atoms with Crippen molar-refractivity contribution >= 4 is 17.7 Å². The molecule has 2 rings (SSSR count). The van der Waals surface area contributed by atoms with Crippen LogP contribution in [0.5, 0.6) is 0 Å². The average Bonchev–Trinajstić information content (AvgIpc) is 2.50. The third kappa shape index (κ3) is 4.52. The number of hydrogen-bond donors (Lipinski definition) is 2. The maximum absolute atomic E-state index is 12.4. The molecule has 21 heavy (non-hydrogen) atoms. The molecule has 0 bridgehead atoms. The zero-order valence-corrected chi connectivity index (χ0v) is 13.1. The summed E-state index contributed by atoms with van der Waals surface area (Å²) in [4.78, 5) is 12.4. The van der Waals surface area contributed by atoms with E-state index in [1.165, 1.54) is 12.2 Å². The molecule has 0 spiro atoms. The van der Waals surface area contributed by atoms with Gasteiger partial charge >= 0.3 is 0 Å². The van der Waals surface area contributed by atoms with Crippen molar-refractivity contribution in [2.75, 3.05) is 18.1 Å². The lowest BCUT2D eigenvalue weighted by atomic mass is 10.0. The first-order valence-corrected chi connectivity index (χ1v) is 8.46. The predicted octanol–water partition coefficient (Wildman–Crippen LogP) is 2.35. The minimum atomic E-state index is -0.00851. The van der Waals surface area contributed by atoms with E-state index < -0.39 is 0 Å². The standard InChI is InChI=1S/C17H21NO2S/c1-13-14(6-2-3-10-19)7-4-9-16(13)17(20)18-15-8-5-11-21-12-15/h4,7,9,15,19H,3,5,8,10-12H2,1H3,(H,18,20). The minimum absolute atomic E-state index is 0.00851. The fraction of sp³-hybridized carbons (Fsp3) is 0.471. The van der Waals surface area contributed by atoms with Gasteiger partial charge in [0.2, 0.25) is 0 Å². The van der Waals surface area contributed by atoms with E-state index in [4.69, 9.17) is 5.11 Å². The molecule has 0 aromatic heterocycles. The van der Waals surface area contributed by atoms with Crippen molar-refractivity contribution in [2.45, 2.75) is 32.2 Å². The van der Waals surface area contributed by atoms with Crippen molar-refractivity contribution in [1.82, 2.24) is 5.32 Å². The summed E-state index contributed by atoms with van der Waals surface area (Å²) in [5.74, 6) is 8.11. The molecule has 1 aliphatic rings. The summed E-state index contributed by atoms with van der Waals surface area (Å²) in [5.41, 5.74) is 2.46. The zero-order chi connectivity index (χ0) is 15.1. The Bertz CT molecular complexity index is 554. The minimum Gasteiger partial charge on any atom is -0.395 e. The molecule has 3 nitrogen and oxygen atoms in total. The Balaban J connectivity index is 2.10. The van der Waals surface area contributed by atoms with E-state index in [0.717, 1.165) is 23.3 Å². The Kier molecular flexibility index (Phi) is 6.16. The molecular formula is C17H21NO2S. The Labute approximate surface area is 130 Å². The summed E-state index contributed by atoms with van der Waals surface area (Å²) in [6.45, 7) is 1.99. The highest BCUT2D eigenvalue weighted by molar-refractivity contribution is 7.99. The summed E-state index contributed by atoms with van der Waals surface area (Å²) in [5, 5.41) is 11.9. The van der Waals surface area contributed by atoms with Gasteiger partial charge in [-0.1, -0.05) is 17.9 Å². The number of benzene rings is 1. The van der Waals surface area contributed by atoms with Gasteiger partial charge < -0.3 is 10.4 Å². The summed E-state index contributed by atoms with van der Waals surface area (Å²) in [6, 6.07) is 5.89. The van der Waals surface area contributed by atoms with Crippen molar-refractivity contribution in [3.05, 3.63) is 34.9 Å². The normalized spacial score (nSPS) is 17.7. The van der Waals surface area contributed by atoms with E-state index in [9.17, 15) is 4.79 Å². The molecule has 1 aromatic carbocycles. The maximum Gasteiger partial charge on any atom is 0.251 e. The van der Waals surface area contributed by atoms with Gasteiger partial charge in [0.25, 0.3) is 5.91 Å². The van der Waals surface area contributed by atoms with Crippen molar-refractivity contribution in [3.63, 3.8) is 0 Å². The predicted molar refractivity (Wildman–Crippen MR) is 87.6 cm³/mol. The number of thioether (sulfide) groups is 1. The van der Waals surface area contributed by atoms with Crippen molar-refractivity contribution in [3.8, 4) is 11.8 Å². The van der Waals surface area contributed by atoms with E-state index in [1.807, 2.05) is 36.9 Å². The molecule has 1 unspecified atom stereocenters. The van der Waals surface area contributed by atoms with Crippen molar-refractivity contribution < 1.29 is 9.90 Å². The number of hydrogen-bond acceptors (Lipinski definition) is 3. The highest BCUT2D eigenvalue weighted by Gasteiger charge is 2.18. The van der Waals surface area contributed by atoms with E-state index in [1.54, 1.807) is 0 Å². The first-order valence-electron chi connectivity index (χ1n) is 7.30. The SMILES string of the molecule is Cc1c(C#CCCO)cccc1C(=O)NC1CCCSC1. The summed E-state index contributed by atoms with van der Waals surface area (Å²) >= 11 is 1.90. The molecule has 1 aromatic rings. The van der Waals surface area contributed by atoms with Gasteiger partial charge in [0.15, 0.2) is 0 Å². The molecule has 0 radical (unpaired) electrons. The molecule has 1 amide bonds. The van der Waals surface area contributed by atoms with E-state index in [-0.39, 0.29) is 18.6 Å². The van der Waals surface area contributed by atoms with E-state index in [0.29, 0.717) is 12.0 Å². The zero-order valence-electron chi connectivity index (χ0n) is 12.3. The molecule has 1 fully saturated rings. The van der Waals surface area contributed by atoms with Gasteiger partial charge in [0, 0.05) is 29.3 Å². The highest BCUT2D eigenvalue weighted by Crippen LogP contribution is 2.18. The fourth-order valence-electron chi connectivity index (χ4n) is 2.35. The molecule has 1 saturated heterocycles. The molecule has 1 atom stereocenters. The van der Waals surface area contributed by atoms with Gasteiger partial charge in [-0.2, -0.15) is 11.8 Å². The molecule has 2 N–H and O–H groups in total. The topological polar surface area (TPSA) is 49.3 Å². The van der Waals surface area contributed by atoms with Crippen LogP contribution >= 0.6 is 11.8 Å². The Morgan fingerprint density at radius 2 is 2.38 bits per heavy atom. The number of aliphatic hydroxyl groups is 1. The van der Waals surface area contributed by atoms with Gasteiger partial charge in [-0.15, -0.1) is 0 Å².